The van der Waals surface area contributed by atoms with Gasteiger partial charge in [-0.05, 0) is 53.9 Å². The number of nitrogens with two attached hydrogens (primary N) is 1. The van der Waals surface area contributed by atoms with Gasteiger partial charge >= 0.3 is 0 Å². The Labute approximate surface area is 179 Å². The lowest BCUT2D eigenvalue weighted by atomic mass is 10.1. The van der Waals surface area contributed by atoms with Crippen LogP contribution in [-0.2, 0) is 17.9 Å². The smallest absolute Gasteiger partial charge is 0.269 e. The molecule has 3 aromatic rings. The number of hydrogen-bond acceptors (Lipinski definition) is 5. The van der Waals surface area contributed by atoms with Crippen molar-refractivity contribution in [1.82, 2.24) is 10.3 Å². The number of anilines is 2. The summed E-state index contributed by atoms with van der Waals surface area (Å²) in [5, 5.41) is 5.26. The van der Waals surface area contributed by atoms with E-state index in [4.69, 9.17) is 10.5 Å². The molecule has 2 amide bonds. The fourth-order valence-corrected chi connectivity index (χ4v) is 2.98. The van der Waals surface area contributed by atoms with Crippen molar-refractivity contribution in [3.8, 4) is 11.5 Å². The van der Waals surface area contributed by atoms with E-state index in [0.29, 0.717) is 34.9 Å². The Morgan fingerprint density at radius 1 is 1.06 bits per heavy atom. The summed E-state index contributed by atoms with van der Waals surface area (Å²) in [7, 11) is 1.53. The molecule has 0 saturated heterocycles. The minimum atomic E-state index is -0.650. The van der Waals surface area contributed by atoms with E-state index in [1.165, 1.54) is 19.3 Å². The lowest BCUT2D eigenvalue weighted by molar-refractivity contribution is -0.116. The molecular weight excluding hydrogens is 399 g/mol. The molecule has 3 rings (SSSR count). The van der Waals surface area contributed by atoms with Crippen molar-refractivity contribution in [2.45, 2.75) is 19.5 Å². The summed E-state index contributed by atoms with van der Waals surface area (Å²) >= 11 is 0. The first-order valence-corrected chi connectivity index (χ1v) is 9.67. The molecule has 0 spiro atoms. The molecule has 0 aliphatic heterocycles. The third kappa shape index (κ3) is 6.27. The number of ether oxygens (including phenoxy) is 1. The van der Waals surface area contributed by atoms with Gasteiger partial charge in [0.05, 0.1) is 0 Å². The van der Waals surface area contributed by atoms with Crippen LogP contribution < -0.4 is 21.1 Å². The molecule has 8 heteroatoms. The zero-order valence-corrected chi connectivity index (χ0v) is 17.0. The van der Waals surface area contributed by atoms with E-state index in [0.717, 1.165) is 5.56 Å². The van der Waals surface area contributed by atoms with Crippen LogP contribution in [0.1, 0.15) is 28.0 Å². The average molecular weight is 422 g/mol. The highest BCUT2D eigenvalue weighted by Crippen LogP contribution is 2.23. The minimum Gasteiger partial charge on any atom is -0.457 e. The second-order valence-corrected chi connectivity index (χ2v) is 6.85. The molecule has 0 fully saturated rings. The summed E-state index contributed by atoms with van der Waals surface area (Å²) in [6, 6.07) is 15.2. The first kappa shape index (κ1) is 21.8. The van der Waals surface area contributed by atoms with Crippen LogP contribution in [0.5, 0.6) is 11.5 Å². The Morgan fingerprint density at radius 2 is 1.87 bits per heavy atom. The van der Waals surface area contributed by atoms with Crippen LogP contribution in [0.2, 0.25) is 0 Å². The molecule has 0 atom stereocenters. The number of rotatable bonds is 8. The third-order valence-electron chi connectivity index (χ3n) is 4.42. The van der Waals surface area contributed by atoms with Crippen LogP contribution in [0.3, 0.4) is 0 Å². The second kappa shape index (κ2) is 10.2. The van der Waals surface area contributed by atoms with E-state index in [9.17, 15) is 14.0 Å². The van der Waals surface area contributed by atoms with Crippen LogP contribution in [0.4, 0.5) is 15.8 Å². The van der Waals surface area contributed by atoms with Gasteiger partial charge in [0.1, 0.15) is 23.9 Å². The Kier molecular flexibility index (Phi) is 7.16. The summed E-state index contributed by atoms with van der Waals surface area (Å²) in [6.07, 6.45) is 2.22. The summed E-state index contributed by atoms with van der Waals surface area (Å²) in [5.74, 6) is 0.555. The fourth-order valence-electron chi connectivity index (χ4n) is 2.98. The lowest BCUT2D eigenvalue weighted by Crippen LogP contribution is -2.18. The molecule has 4 N–H and O–H groups in total. The number of nitrogens with one attached hydrogen (secondary N) is 2. The molecular formula is C23H23FN4O3. The summed E-state index contributed by atoms with van der Waals surface area (Å²) in [5.41, 5.74) is 8.17. The Bertz CT molecular complexity index is 1090. The fraction of sp³-hybridized carbons (Fsp3) is 0.174. The number of nitrogens with zero attached hydrogens (tertiary/aromatic N) is 1. The highest BCUT2D eigenvalue weighted by atomic mass is 19.1. The van der Waals surface area contributed by atoms with Gasteiger partial charge in [-0.25, -0.2) is 4.39 Å². The maximum atomic E-state index is 12.9. The van der Waals surface area contributed by atoms with Gasteiger partial charge in [0.25, 0.3) is 5.91 Å². The number of nitrogen functional groups attached to an aromatic ring is 1. The van der Waals surface area contributed by atoms with Crippen molar-refractivity contribution in [3.63, 3.8) is 0 Å². The number of hydrogen-bond donors (Lipinski definition) is 3. The monoisotopic (exact) mass is 422 g/mol. The zero-order valence-electron chi connectivity index (χ0n) is 17.0. The standard InChI is InChI=1S/C23H23FN4O3/c1-26-23(30)21-13-20(7-8-27-21)31-19-4-2-3-15(11-19)5-6-22(29)28-18-10-16(14-24)9-17(25)12-18/h2-4,7-13H,5-6,14,25H2,1H3,(H,26,30)(H,28,29). The quantitative estimate of drug-likeness (QED) is 0.478. The van der Waals surface area contributed by atoms with Gasteiger partial charge in [0.2, 0.25) is 5.91 Å². The second-order valence-electron chi connectivity index (χ2n) is 6.85. The molecule has 1 heterocycles. The number of carbonyl (C=O) groups is 2. The Hall–Kier alpha value is -3.94. The van der Waals surface area contributed by atoms with Crippen molar-refractivity contribution in [2.75, 3.05) is 18.1 Å². The van der Waals surface area contributed by atoms with Crippen molar-refractivity contribution in [1.29, 1.82) is 0 Å². The van der Waals surface area contributed by atoms with Crippen molar-refractivity contribution >= 4 is 23.2 Å². The largest absolute Gasteiger partial charge is 0.457 e. The molecule has 0 aliphatic carbocycles. The molecule has 0 bridgehead atoms. The molecule has 2 aromatic carbocycles. The number of benzene rings is 2. The molecule has 1 aromatic heterocycles. The van der Waals surface area contributed by atoms with Crippen molar-refractivity contribution in [3.05, 3.63) is 77.6 Å². The van der Waals surface area contributed by atoms with Crippen LogP contribution in [0.25, 0.3) is 0 Å². The first-order valence-electron chi connectivity index (χ1n) is 9.67. The van der Waals surface area contributed by atoms with E-state index >= 15 is 0 Å². The number of amides is 2. The van der Waals surface area contributed by atoms with Gasteiger partial charge in [-0.2, -0.15) is 0 Å². The molecule has 160 valence electrons. The predicted molar refractivity (Wildman–Crippen MR) is 117 cm³/mol. The SMILES string of the molecule is CNC(=O)c1cc(Oc2cccc(CCC(=O)Nc3cc(N)cc(CF)c3)c2)ccn1. The molecule has 0 radical (unpaired) electrons. The average Bonchev–Trinajstić information content (AvgIpc) is 2.77. The number of halogens is 1. The van der Waals surface area contributed by atoms with Gasteiger partial charge in [0, 0.05) is 37.1 Å². The lowest BCUT2D eigenvalue weighted by Gasteiger charge is -2.10. The van der Waals surface area contributed by atoms with Gasteiger partial charge in [-0.1, -0.05) is 12.1 Å². The van der Waals surface area contributed by atoms with E-state index < -0.39 is 6.67 Å². The normalized spacial score (nSPS) is 10.4. The highest BCUT2D eigenvalue weighted by molar-refractivity contribution is 5.92. The molecule has 0 unspecified atom stereocenters. The number of alkyl halides is 1. The summed E-state index contributed by atoms with van der Waals surface area (Å²) in [6.45, 7) is -0.650. The highest BCUT2D eigenvalue weighted by Gasteiger charge is 2.09. The number of pyridine rings is 1. The summed E-state index contributed by atoms with van der Waals surface area (Å²) < 4.78 is 18.7. The first-order chi connectivity index (χ1) is 15.0. The van der Waals surface area contributed by atoms with Crippen LogP contribution in [-0.4, -0.2) is 23.8 Å². The van der Waals surface area contributed by atoms with Crippen LogP contribution in [0, 0.1) is 0 Å². The minimum absolute atomic E-state index is 0.203. The Morgan fingerprint density at radius 3 is 2.65 bits per heavy atom. The number of carbonyl (C=O) groups excluding carboxylic acids is 2. The van der Waals surface area contributed by atoms with Crippen molar-refractivity contribution < 1.29 is 18.7 Å². The van der Waals surface area contributed by atoms with Crippen LogP contribution in [0.15, 0.2) is 60.8 Å². The van der Waals surface area contributed by atoms with Crippen LogP contribution >= 0.6 is 0 Å². The number of aromatic nitrogens is 1. The van der Waals surface area contributed by atoms with Gasteiger partial charge in [-0.15, -0.1) is 0 Å². The van der Waals surface area contributed by atoms with E-state index in [1.807, 2.05) is 18.2 Å². The predicted octanol–water partition coefficient (Wildman–Crippen LogP) is 3.86. The molecule has 0 saturated carbocycles. The van der Waals surface area contributed by atoms with E-state index in [1.54, 1.807) is 30.3 Å². The van der Waals surface area contributed by atoms with Gasteiger partial charge < -0.3 is 21.1 Å². The summed E-state index contributed by atoms with van der Waals surface area (Å²) in [4.78, 5) is 28.0. The Balaban J connectivity index is 1.60. The zero-order chi connectivity index (χ0) is 22.2. The van der Waals surface area contributed by atoms with Gasteiger partial charge in [0.15, 0.2) is 0 Å². The maximum Gasteiger partial charge on any atom is 0.269 e. The third-order valence-corrected chi connectivity index (χ3v) is 4.42. The molecule has 0 aliphatic rings. The van der Waals surface area contributed by atoms with Crippen molar-refractivity contribution in [2.24, 2.45) is 0 Å². The van der Waals surface area contributed by atoms with E-state index in [-0.39, 0.29) is 23.9 Å². The topological polar surface area (TPSA) is 106 Å². The van der Waals surface area contributed by atoms with E-state index in [2.05, 4.69) is 15.6 Å². The molecule has 31 heavy (non-hydrogen) atoms. The van der Waals surface area contributed by atoms with Gasteiger partial charge in [-0.3, -0.25) is 14.6 Å². The number of aryl methyl sites for hydroxylation is 1. The maximum absolute atomic E-state index is 12.9. The molecule has 7 nitrogen and oxygen atoms in total.